The van der Waals surface area contributed by atoms with E-state index in [0.29, 0.717) is 30.8 Å². The summed E-state index contributed by atoms with van der Waals surface area (Å²) < 4.78 is 26.8. The molecule has 0 radical (unpaired) electrons. The summed E-state index contributed by atoms with van der Waals surface area (Å²) in [5.74, 6) is 0.306. The number of allylic oxidation sites excluding steroid dienone is 1. The lowest BCUT2D eigenvalue weighted by Gasteiger charge is -2.59. The van der Waals surface area contributed by atoms with Gasteiger partial charge in [-0.25, -0.2) is 4.79 Å². The number of aliphatic hydroxyl groups excluding tert-OH is 2. The molecule has 1 heterocycles. The second-order valence-corrected chi connectivity index (χ2v) is 18.3. The van der Waals surface area contributed by atoms with Crippen molar-refractivity contribution in [2.45, 2.75) is 110 Å². The summed E-state index contributed by atoms with van der Waals surface area (Å²) >= 11 is 0. The average Bonchev–Trinajstić information content (AvgIpc) is 3.18. The molecule has 6 atom stereocenters. The molecular weight excluding hydrogens is 733 g/mol. The third-order valence-electron chi connectivity index (χ3n) is 11.4. The van der Waals surface area contributed by atoms with E-state index in [9.17, 15) is 15.0 Å². The van der Waals surface area contributed by atoms with E-state index >= 15 is 0 Å². The van der Waals surface area contributed by atoms with Gasteiger partial charge in [-0.05, 0) is 110 Å². The van der Waals surface area contributed by atoms with Crippen molar-refractivity contribution in [2.24, 2.45) is 28.3 Å². The van der Waals surface area contributed by atoms with Gasteiger partial charge in [0.1, 0.15) is 28.9 Å². The molecule has 2 aliphatic carbocycles. The Morgan fingerprint density at radius 2 is 1.64 bits per heavy atom. The SMILES string of the molecule is C=CCO[C@@]12Oc3ccc(Oc4ccc5ccccc5c4)cc3[C@H]3[C@H](CCCCO)[C@@H](CCCCO)C=C(C(=NOC(C)(C)C)C[C@@H]1N(C)C(=O)OCC(C)(C)C)[C@H]32. The van der Waals surface area contributed by atoms with Crippen molar-refractivity contribution in [1.82, 2.24) is 4.90 Å². The van der Waals surface area contributed by atoms with Crippen LogP contribution in [0.3, 0.4) is 0 Å². The van der Waals surface area contributed by atoms with Gasteiger partial charge in [-0.1, -0.05) is 81.3 Å². The summed E-state index contributed by atoms with van der Waals surface area (Å²) in [6.45, 7) is 16.6. The Balaban J connectivity index is 1.55. The maximum atomic E-state index is 14.1. The number of carbonyl (C=O) groups is 1. The first-order valence-corrected chi connectivity index (χ1v) is 21.0. The highest BCUT2D eigenvalue weighted by molar-refractivity contribution is 6.03. The molecule has 58 heavy (non-hydrogen) atoms. The third kappa shape index (κ3) is 9.73. The highest BCUT2D eigenvalue weighted by Gasteiger charge is 2.65. The van der Waals surface area contributed by atoms with E-state index in [1.54, 1.807) is 18.0 Å². The van der Waals surface area contributed by atoms with Crippen LogP contribution in [0.25, 0.3) is 10.8 Å². The molecule has 1 amide bonds. The van der Waals surface area contributed by atoms with Crippen LogP contribution >= 0.6 is 0 Å². The predicted octanol–water partition coefficient (Wildman–Crippen LogP) is 10.2. The number of amides is 1. The Hall–Kier alpha value is -4.38. The van der Waals surface area contributed by atoms with Crippen molar-refractivity contribution >= 4 is 22.6 Å². The van der Waals surface area contributed by atoms with E-state index in [1.165, 1.54) is 0 Å². The van der Waals surface area contributed by atoms with Crippen molar-refractivity contribution in [2.75, 3.05) is 33.5 Å². The first kappa shape index (κ1) is 43.2. The minimum absolute atomic E-state index is 0.0888. The summed E-state index contributed by atoms with van der Waals surface area (Å²) in [4.78, 5) is 21.9. The molecule has 0 saturated heterocycles. The average molecular weight is 797 g/mol. The Morgan fingerprint density at radius 1 is 0.948 bits per heavy atom. The van der Waals surface area contributed by atoms with E-state index in [2.05, 4.69) is 36.9 Å². The van der Waals surface area contributed by atoms with Crippen LogP contribution in [0.2, 0.25) is 0 Å². The predicted molar refractivity (Wildman–Crippen MR) is 228 cm³/mol. The Kier molecular flexibility index (Phi) is 13.6. The summed E-state index contributed by atoms with van der Waals surface area (Å²) in [7, 11) is 1.75. The van der Waals surface area contributed by atoms with Gasteiger partial charge in [0, 0.05) is 38.2 Å². The van der Waals surface area contributed by atoms with Crippen LogP contribution in [0.15, 0.2) is 90.1 Å². The molecule has 0 spiro atoms. The van der Waals surface area contributed by atoms with Crippen LogP contribution in [-0.2, 0) is 14.3 Å². The fraction of sp³-hybridized carbons (Fsp3) is 0.542. The van der Waals surface area contributed by atoms with Gasteiger partial charge in [-0.15, -0.1) is 6.58 Å². The zero-order chi connectivity index (χ0) is 41.7. The number of oxime groups is 1. The van der Waals surface area contributed by atoms with Gasteiger partial charge in [0.25, 0.3) is 0 Å². The molecule has 3 aromatic rings. The van der Waals surface area contributed by atoms with Gasteiger partial charge in [0.15, 0.2) is 0 Å². The molecule has 0 aromatic heterocycles. The molecule has 1 saturated carbocycles. The standard InChI is InChI=1S/C48H64N2O8/c1-9-26-55-48-42(50(8)45(53)54-31-46(2,3)4)30-40(49-58-47(5,6)7)38-28-34(18-12-14-24-51)37(19-13-15-25-52)43(44(38)48)39-29-36(22-23-41(39)57-48)56-35-21-20-32-16-10-11-17-33(32)27-35/h9-11,16-17,20-23,27-29,34,37,42-44,51-52H,1,12-15,18-19,24-26,30-31H2,2-8H3/t34-,37+,42-,43+,44+,48+/m0/s1. The number of unbranched alkanes of at least 4 members (excludes halogenated alkanes) is 2. The van der Waals surface area contributed by atoms with Crippen molar-refractivity contribution < 1.29 is 38.8 Å². The minimum atomic E-state index is -1.36. The van der Waals surface area contributed by atoms with Crippen molar-refractivity contribution in [1.29, 1.82) is 0 Å². The van der Waals surface area contributed by atoms with Gasteiger partial charge >= 0.3 is 6.09 Å². The summed E-state index contributed by atoms with van der Waals surface area (Å²) in [5.41, 5.74) is 1.89. The number of likely N-dealkylation sites (N-methyl/N-ethyl adjacent to an activating group) is 1. The number of hydrogen-bond acceptors (Lipinski definition) is 9. The van der Waals surface area contributed by atoms with Gasteiger partial charge in [0.05, 0.1) is 24.8 Å². The number of ether oxygens (including phenoxy) is 4. The molecule has 0 unspecified atom stereocenters. The number of carbonyl (C=O) groups excluding carboxylic acids is 1. The molecule has 3 aromatic carbocycles. The van der Waals surface area contributed by atoms with Crippen LogP contribution in [0.5, 0.6) is 17.2 Å². The van der Waals surface area contributed by atoms with Gasteiger partial charge < -0.3 is 38.9 Å². The van der Waals surface area contributed by atoms with Crippen molar-refractivity contribution in [3.8, 4) is 17.2 Å². The zero-order valence-corrected chi connectivity index (χ0v) is 35.5. The molecule has 10 nitrogen and oxygen atoms in total. The zero-order valence-electron chi connectivity index (χ0n) is 35.5. The van der Waals surface area contributed by atoms with Crippen LogP contribution < -0.4 is 9.47 Å². The second kappa shape index (κ2) is 18.3. The Bertz CT molecular complexity index is 1960. The number of rotatable bonds is 16. The number of hydrogen-bond donors (Lipinski definition) is 2. The van der Waals surface area contributed by atoms with Crippen molar-refractivity contribution in [3.63, 3.8) is 0 Å². The fourth-order valence-electron chi connectivity index (χ4n) is 8.86. The maximum Gasteiger partial charge on any atom is 0.410 e. The largest absolute Gasteiger partial charge is 0.459 e. The van der Waals surface area contributed by atoms with Crippen LogP contribution in [0.1, 0.15) is 98.0 Å². The molecule has 2 N–H and O–H groups in total. The summed E-state index contributed by atoms with van der Waals surface area (Å²) in [5, 5.41) is 26.9. The first-order valence-electron chi connectivity index (χ1n) is 21.0. The lowest BCUT2D eigenvalue weighted by Crippen LogP contribution is -2.69. The smallest absolute Gasteiger partial charge is 0.410 e. The number of fused-ring (bicyclic) bond motifs is 3. The van der Waals surface area contributed by atoms with E-state index in [1.807, 2.05) is 77.9 Å². The van der Waals surface area contributed by atoms with Crippen LogP contribution in [0.4, 0.5) is 4.79 Å². The summed E-state index contributed by atoms with van der Waals surface area (Å²) in [6.07, 6.45) is 8.61. The van der Waals surface area contributed by atoms with Gasteiger partial charge in [-0.3, -0.25) is 0 Å². The highest BCUT2D eigenvalue weighted by Crippen LogP contribution is 2.62. The van der Waals surface area contributed by atoms with Crippen LogP contribution in [0, 0.1) is 23.2 Å². The molecule has 3 aliphatic rings. The molecule has 1 fully saturated rings. The Labute approximate surface area is 344 Å². The van der Waals surface area contributed by atoms with Crippen LogP contribution in [-0.4, -0.2) is 77.8 Å². The number of aliphatic hydroxyl groups is 2. The first-order chi connectivity index (χ1) is 27.7. The van der Waals surface area contributed by atoms with Gasteiger partial charge in [-0.2, -0.15) is 0 Å². The summed E-state index contributed by atoms with van der Waals surface area (Å²) in [6, 6.07) is 19.6. The third-order valence-corrected chi connectivity index (χ3v) is 11.4. The number of nitrogens with zero attached hydrogens (tertiary/aromatic N) is 2. The fourth-order valence-corrected chi connectivity index (χ4v) is 8.86. The molecular formula is C48H64N2O8. The van der Waals surface area contributed by atoms with E-state index in [0.717, 1.165) is 59.1 Å². The topological polar surface area (TPSA) is 119 Å². The normalized spacial score (nSPS) is 24.6. The number of benzene rings is 3. The molecule has 0 bridgehead atoms. The Morgan fingerprint density at radius 3 is 2.33 bits per heavy atom. The van der Waals surface area contributed by atoms with Crippen molar-refractivity contribution in [3.05, 3.63) is 90.5 Å². The highest BCUT2D eigenvalue weighted by atomic mass is 16.7. The monoisotopic (exact) mass is 796 g/mol. The molecule has 10 heteroatoms. The van der Waals surface area contributed by atoms with E-state index < -0.39 is 29.4 Å². The minimum Gasteiger partial charge on any atom is -0.459 e. The second-order valence-electron chi connectivity index (χ2n) is 18.3. The quantitative estimate of drug-likeness (QED) is 0.0836. The molecule has 314 valence electrons. The lowest BCUT2D eigenvalue weighted by atomic mass is 9.55. The van der Waals surface area contributed by atoms with E-state index in [-0.39, 0.29) is 49.6 Å². The maximum absolute atomic E-state index is 14.1. The molecule has 6 rings (SSSR count). The van der Waals surface area contributed by atoms with E-state index in [4.69, 9.17) is 28.9 Å². The lowest BCUT2D eigenvalue weighted by molar-refractivity contribution is -0.254. The molecule has 1 aliphatic heterocycles. The van der Waals surface area contributed by atoms with Gasteiger partial charge in [0.2, 0.25) is 5.79 Å².